The zero-order valence-corrected chi connectivity index (χ0v) is 13.7. The van der Waals surface area contributed by atoms with E-state index in [2.05, 4.69) is 30.9 Å². The number of aromatic nitrogens is 3. The molecule has 7 heteroatoms. The quantitative estimate of drug-likeness (QED) is 0.861. The number of nitrogens with zero attached hydrogens (tertiary/aromatic N) is 4. The predicted octanol–water partition coefficient (Wildman–Crippen LogP) is 2.64. The molecule has 0 saturated heterocycles. The van der Waals surface area contributed by atoms with Crippen molar-refractivity contribution in [1.82, 2.24) is 15.0 Å². The first-order valence-electron chi connectivity index (χ1n) is 6.76. The van der Waals surface area contributed by atoms with E-state index in [9.17, 15) is 0 Å². The summed E-state index contributed by atoms with van der Waals surface area (Å²) >= 11 is 3.43. The molecular formula is C14H18BrN5O. The largest absolute Gasteiger partial charge is 0.458 e. The number of hydrogen-bond acceptors (Lipinski definition) is 6. The van der Waals surface area contributed by atoms with Gasteiger partial charge in [-0.1, -0.05) is 28.1 Å². The molecule has 1 heterocycles. The smallest absolute Gasteiger partial charge is 0.323 e. The van der Waals surface area contributed by atoms with Crippen LogP contribution in [0.2, 0.25) is 0 Å². The van der Waals surface area contributed by atoms with Crippen molar-refractivity contribution in [2.24, 2.45) is 0 Å². The molecule has 2 rings (SSSR count). The molecule has 112 valence electrons. The van der Waals surface area contributed by atoms with Crippen LogP contribution in [0, 0.1) is 0 Å². The maximum absolute atomic E-state index is 5.72. The van der Waals surface area contributed by atoms with Crippen molar-refractivity contribution in [1.29, 1.82) is 0 Å². The Kier molecular flexibility index (Phi) is 5.32. The number of hydrogen-bond donors (Lipinski definition) is 1. The highest BCUT2D eigenvalue weighted by Crippen LogP contribution is 2.16. The van der Waals surface area contributed by atoms with Gasteiger partial charge in [-0.25, -0.2) is 0 Å². The fraction of sp³-hybridized carbons (Fsp3) is 0.357. The third kappa shape index (κ3) is 4.29. The molecule has 1 aromatic carbocycles. The fourth-order valence-corrected chi connectivity index (χ4v) is 2.29. The summed E-state index contributed by atoms with van der Waals surface area (Å²) in [6.07, 6.45) is 0. The van der Waals surface area contributed by atoms with E-state index in [0.717, 1.165) is 23.1 Å². The number of rotatable bonds is 6. The van der Waals surface area contributed by atoms with Crippen molar-refractivity contribution < 1.29 is 4.74 Å². The van der Waals surface area contributed by atoms with Crippen LogP contribution in [-0.2, 0) is 6.61 Å². The molecule has 0 bridgehead atoms. The molecule has 1 aromatic heterocycles. The SMILES string of the molecule is CCN(CC)c1nc(N)nc(OCc2cccc(Br)c2)n1. The molecule has 0 unspecified atom stereocenters. The van der Waals surface area contributed by atoms with Gasteiger partial charge in [0.2, 0.25) is 11.9 Å². The molecule has 0 aliphatic carbocycles. The van der Waals surface area contributed by atoms with Gasteiger partial charge < -0.3 is 15.4 Å². The highest BCUT2D eigenvalue weighted by molar-refractivity contribution is 9.10. The number of nitrogens with two attached hydrogens (primary N) is 1. The van der Waals surface area contributed by atoms with Gasteiger partial charge in [0.15, 0.2) is 0 Å². The van der Waals surface area contributed by atoms with E-state index in [1.54, 1.807) is 0 Å². The van der Waals surface area contributed by atoms with Gasteiger partial charge in [-0.2, -0.15) is 15.0 Å². The first-order chi connectivity index (χ1) is 10.1. The van der Waals surface area contributed by atoms with Gasteiger partial charge in [0.05, 0.1) is 0 Å². The number of halogens is 1. The van der Waals surface area contributed by atoms with Crippen LogP contribution in [-0.4, -0.2) is 28.0 Å². The fourth-order valence-electron chi connectivity index (χ4n) is 1.85. The lowest BCUT2D eigenvalue weighted by molar-refractivity contribution is 0.280. The van der Waals surface area contributed by atoms with E-state index in [1.807, 2.05) is 43.0 Å². The average Bonchev–Trinajstić information content (AvgIpc) is 2.46. The van der Waals surface area contributed by atoms with Crippen molar-refractivity contribution >= 4 is 27.8 Å². The molecule has 21 heavy (non-hydrogen) atoms. The maximum atomic E-state index is 5.72. The average molecular weight is 352 g/mol. The minimum Gasteiger partial charge on any atom is -0.458 e. The Balaban J connectivity index is 2.13. The summed E-state index contributed by atoms with van der Waals surface area (Å²) < 4.78 is 6.62. The van der Waals surface area contributed by atoms with Gasteiger partial charge in [0.25, 0.3) is 0 Å². The lowest BCUT2D eigenvalue weighted by Gasteiger charge is -2.18. The summed E-state index contributed by atoms with van der Waals surface area (Å²) in [6.45, 7) is 6.04. The van der Waals surface area contributed by atoms with Crippen LogP contribution in [0.4, 0.5) is 11.9 Å². The van der Waals surface area contributed by atoms with Crippen LogP contribution < -0.4 is 15.4 Å². The summed E-state index contributed by atoms with van der Waals surface area (Å²) in [6, 6.07) is 8.11. The van der Waals surface area contributed by atoms with Crippen molar-refractivity contribution in [2.45, 2.75) is 20.5 Å². The van der Waals surface area contributed by atoms with Gasteiger partial charge in [0.1, 0.15) is 6.61 Å². The molecule has 2 N–H and O–H groups in total. The van der Waals surface area contributed by atoms with Crippen LogP contribution in [0.25, 0.3) is 0 Å². The highest BCUT2D eigenvalue weighted by Gasteiger charge is 2.10. The predicted molar refractivity (Wildman–Crippen MR) is 86.3 cm³/mol. The van der Waals surface area contributed by atoms with Gasteiger partial charge in [-0.15, -0.1) is 0 Å². The third-order valence-corrected chi connectivity index (χ3v) is 3.42. The first kappa shape index (κ1) is 15.5. The summed E-state index contributed by atoms with van der Waals surface area (Å²) in [5.41, 5.74) is 6.74. The lowest BCUT2D eigenvalue weighted by atomic mass is 10.2. The molecule has 0 radical (unpaired) electrons. The Labute approximate surface area is 132 Å². The monoisotopic (exact) mass is 351 g/mol. The van der Waals surface area contributed by atoms with E-state index in [4.69, 9.17) is 10.5 Å². The molecule has 2 aromatic rings. The van der Waals surface area contributed by atoms with Gasteiger partial charge in [-0.3, -0.25) is 0 Å². The van der Waals surface area contributed by atoms with Gasteiger partial charge >= 0.3 is 6.01 Å². The molecule has 0 amide bonds. The minimum atomic E-state index is 0.163. The van der Waals surface area contributed by atoms with Crippen LogP contribution in [0.15, 0.2) is 28.7 Å². The minimum absolute atomic E-state index is 0.163. The lowest BCUT2D eigenvalue weighted by Crippen LogP contribution is -2.25. The zero-order valence-electron chi connectivity index (χ0n) is 12.1. The van der Waals surface area contributed by atoms with E-state index < -0.39 is 0 Å². The molecule has 0 spiro atoms. The Hall–Kier alpha value is -1.89. The number of nitrogen functional groups attached to an aromatic ring is 1. The van der Waals surface area contributed by atoms with Gasteiger partial charge in [0, 0.05) is 17.6 Å². The summed E-state index contributed by atoms with van der Waals surface area (Å²) in [5.74, 6) is 0.702. The Morgan fingerprint density at radius 3 is 2.62 bits per heavy atom. The molecule has 0 aliphatic heterocycles. The zero-order chi connectivity index (χ0) is 15.2. The van der Waals surface area contributed by atoms with E-state index in [-0.39, 0.29) is 12.0 Å². The van der Waals surface area contributed by atoms with Crippen LogP contribution >= 0.6 is 15.9 Å². The second kappa shape index (κ2) is 7.21. The molecule has 0 aliphatic rings. The number of anilines is 2. The summed E-state index contributed by atoms with van der Waals surface area (Å²) in [4.78, 5) is 14.4. The molecule has 0 saturated carbocycles. The summed E-state index contributed by atoms with van der Waals surface area (Å²) in [7, 11) is 0. The van der Waals surface area contributed by atoms with Crippen molar-refractivity contribution in [2.75, 3.05) is 23.7 Å². The molecule has 6 nitrogen and oxygen atoms in total. The van der Waals surface area contributed by atoms with E-state index >= 15 is 0 Å². The molecular weight excluding hydrogens is 334 g/mol. The Bertz CT molecular complexity index is 604. The Morgan fingerprint density at radius 1 is 1.19 bits per heavy atom. The van der Waals surface area contributed by atoms with Crippen molar-refractivity contribution in [3.8, 4) is 6.01 Å². The van der Waals surface area contributed by atoms with Crippen LogP contribution in [0.5, 0.6) is 6.01 Å². The second-order valence-corrected chi connectivity index (χ2v) is 5.28. The Morgan fingerprint density at radius 2 is 1.95 bits per heavy atom. The first-order valence-corrected chi connectivity index (χ1v) is 7.55. The van der Waals surface area contributed by atoms with Gasteiger partial charge in [-0.05, 0) is 31.5 Å². The van der Waals surface area contributed by atoms with Crippen molar-refractivity contribution in [3.63, 3.8) is 0 Å². The van der Waals surface area contributed by atoms with Crippen LogP contribution in [0.1, 0.15) is 19.4 Å². The molecule has 0 fully saturated rings. The standard InChI is InChI=1S/C14H18BrN5O/c1-3-20(4-2)13-17-12(16)18-14(19-13)21-9-10-6-5-7-11(15)8-10/h5-8H,3-4,9H2,1-2H3,(H2,16,17,18,19). The maximum Gasteiger partial charge on any atom is 0.323 e. The highest BCUT2D eigenvalue weighted by atomic mass is 79.9. The summed E-state index contributed by atoms with van der Waals surface area (Å²) in [5, 5.41) is 0. The third-order valence-electron chi connectivity index (χ3n) is 2.92. The number of benzene rings is 1. The second-order valence-electron chi connectivity index (χ2n) is 4.37. The van der Waals surface area contributed by atoms with E-state index in [1.165, 1.54) is 0 Å². The van der Waals surface area contributed by atoms with E-state index in [0.29, 0.717) is 12.6 Å². The van der Waals surface area contributed by atoms with Crippen LogP contribution in [0.3, 0.4) is 0 Å². The number of ether oxygens (including phenoxy) is 1. The topological polar surface area (TPSA) is 77.2 Å². The van der Waals surface area contributed by atoms with Crippen molar-refractivity contribution in [3.05, 3.63) is 34.3 Å². The normalized spacial score (nSPS) is 10.4. The molecule has 0 atom stereocenters.